The first-order chi connectivity index (χ1) is 16.2. The molecule has 3 aliphatic rings. The second kappa shape index (κ2) is 9.58. The van der Waals surface area contributed by atoms with E-state index < -0.39 is 0 Å². The monoisotopic (exact) mass is 443 g/mol. The molecule has 5 rings (SSSR count). The van der Waals surface area contributed by atoms with Crippen molar-refractivity contribution in [3.05, 3.63) is 76.9 Å². The zero-order valence-electron chi connectivity index (χ0n) is 20.2. The third-order valence-corrected chi connectivity index (χ3v) is 7.35. The SMILES string of the molecule is C=C(c1c2c(nn1CC(/C=C\C)=C/C=C\C)CCCC2)N(C1CC1)C1CCc2[nH]ncc2C1. The van der Waals surface area contributed by atoms with E-state index in [1.807, 2.05) is 6.20 Å². The topological polar surface area (TPSA) is 49.7 Å². The molecule has 3 aliphatic carbocycles. The lowest BCUT2D eigenvalue weighted by Crippen LogP contribution is -2.40. The summed E-state index contributed by atoms with van der Waals surface area (Å²) in [4.78, 5) is 2.67. The molecule has 0 bridgehead atoms. The lowest BCUT2D eigenvalue weighted by molar-refractivity contribution is 0.257. The van der Waals surface area contributed by atoms with Crippen molar-refractivity contribution in [1.29, 1.82) is 0 Å². The van der Waals surface area contributed by atoms with Gasteiger partial charge in [-0.05, 0) is 82.8 Å². The van der Waals surface area contributed by atoms with Crippen LogP contribution in [-0.4, -0.2) is 37.0 Å². The van der Waals surface area contributed by atoms with Crippen LogP contribution in [0.4, 0.5) is 0 Å². The van der Waals surface area contributed by atoms with E-state index in [1.165, 1.54) is 65.2 Å². The van der Waals surface area contributed by atoms with Crippen LogP contribution in [0.1, 0.15) is 74.2 Å². The summed E-state index contributed by atoms with van der Waals surface area (Å²) in [6.07, 6.45) is 23.3. The number of nitrogens with zero attached hydrogens (tertiary/aromatic N) is 4. The van der Waals surface area contributed by atoms with Crippen LogP contribution < -0.4 is 0 Å². The van der Waals surface area contributed by atoms with Crippen LogP contribution in [0.5, 0.6) is 0 Å². The van der Waals surface area contributed by atoms with E-state index >= 15 is 0 Å². The predicted octanol–water partition coefficient (Wildman–Crippen LogP) is 5.56. The second-order valence-corrected chi connectivity index (χ2v) is 9.76. The van der Waals surface area contributed by atoms with Crippen molar-refractivity contribution in [2.45, 2.75) is 90.3 Å². The second-order valence-electron chi connectivity index (χ2n) is 9.76. The number of H-pyrrole nitrogens is 1. The van der Waals surface area contributed by atoms with Gasteiger partial charge in [-0.2, -0.15) is 10.2 Å². The van der Waals surface area contributed by atoms with Crippen molar-refractivity contribution < 1.29 is 0 Å². The van der Waals surface area contributed by atoms with Crippen molar-refractivity contribution in [3.8, 4) is 0 Å². The summed E-state index contributed by atoms with van der Waals surface area (Å²) < 4.78 is 2.26. The molecule has 33 heavy (non-hydrogen) atoms. The molecule has 0 amide bonds. The maximum Gasteiger partial charge on any atom is 0.0876 e. The first-order valence-corrected chi connectivity index (χ1v) is 12.7. The Balaban J connectivity index is 1.50. The summed E-state index contributed by atoms with van der Waals surface area (Å²) in [6.45, 7) is 9.68. The highest BCUT2D eigenvalue weighted by molar-refractivity contribution is 5.65. The van der Waals surface area contributed by atoms with Gasteiger partial charge in [0.05, 0.1) is 29.8 Å². The van der Waals surface area contributed by atoms with Gasteiger partial charge in [-0.25, -0.2) is 0 Å². The molecule has 5 nitrogen and oxygen atoms in total. The molecule has 2 heterocycles. The zero-order chi connectivity index (χ0) is 22.8. The van der Waals surface area contributed by atoms with Gasteiger partial charge in [0.25, 0.3) is 0 Å². The smallest absolute Gasteiger partial charge is 0.0876 e. The molecule has 1 fully saturated rings. The fourth-order valence-electron chi connectivity index (χ4n) is 5.66. The number of nitrogens with one attached hydrogen (secondary N) is 1. The molecule has 0 aromatic carbocycles. The summed E-state index contributed by atoms with van der Waals surface area (Å²) in [6, 6.07) is 1.11. The van der Waals surface area contributed by atoms with Crippen LogP contribution >= 0.6 is 0 Å². The van der Waals surface area contributed by atoms with Gasteiger partial charge in [0.15, 0.2) is 0 Å². The quantitative estimate of drug-likeness (QED) is 0.544. The Morgan fingerprint density at radius 1 is 1.15 bits per heavy atom. The van der Waals surface area contributed by atoms with Gasteiger partial charge in [-0.3, -0.25) is 9.78 Å². The van der Waals surface area contributed by atoms with E-state index in [2.05, 4.69) is 64.0 Å². The Morgan fingerprint density at radius 3 is 2.79 bits per heavy atom. The zero-order valence-corrected chi connectivity index (χ0v) is 20.2. The number of rotatable bonds is 8. The molecule has 174 valence electrons. The van der Waals surface area contributed by atoms with Crippen LogP contribution in [0.3, 0.4) is 0 Å². The minimum Gasteiger partial charge on any atom is -0.364 e. The summed E-state index contributed by atoms with van der Waals surface area (Å²) >= 11 is 0. The van der Waals surface area contributed by atoms with E-state index in [4.69, 9.17) is 11.7 Å². The van der Waals surface area contributed by atoms with Gasteiger partial charge in [-0.1, -0.05) is 37.0 Å². The number of allylic oxidation sites excluding steroid dienone is 6. The molecule has 2 aromatic rings. The molecular weight excluding hydrogens is 406 g/mol. The van der Waals surface area contributed by atoms with Gasteiger partial charge < -0.3 is 4.90 Å². The van der Waals surface area contributed by atoms with Crippen molar-refractivity contribution in [2.24, 2.45) is 0 Å². The normalized spacial score (nSPS) is 20.9. The van der Waals surface area contributed by atoms with Crippen LogP contribution in [0.2, 0.25) is 0 Å². The first kappa shape index (κ1) is 22.0. The van der Waals surface area contributed by atoms with E-state index in [0.717, 1.165) is 38.6 Å². The van der Waals surface area contributed by atoms with Crippen molar-refractivity contribution >= 4 is 5.70 Å². The number of fused-ring (bicyclic) bond motifs is 2. The molecule has 1 atom stereocenters. The highest BCUT2D eigenvalue weighted by Gasteiger charge is 2.38. The molecule has 1 N–H and O–H groups in total. The predicted molar refractivity (Wildman–Crippen MR) is 135 cm³/mol. The average Bonchev–Trinajstić information content (AvgIpc) is 3.41. The highest BCUT2D eigenvalue weighted by Crippen LogP contribution is 2.40. The number of hydrogen-bond acceptors (Lipinski definition) is 3. The molecule has 2 aromatic heterocycles. The number of hydrogen-bond donors (Lipinski definition) is 1. The van der Waals surface area contributed by atoms with Crippen LogP contribution in [0.25, 0.3) is 5.70 Å². The molecule has 0 radical (unpaired) electrons. The standard InChI is InChI=1S/C28H37N5/c1-4-6-10-21(9-5-2)19-32-28(25-11-7-8-12-27(25)31-32)20(3)33(23-13-14-23)24-15-16-26-22(17-24)18-29-30-26/h4-6,9-10,18,23-24H,3,7-8,11-17,19H2,1-2H3,(H,29,30)/b6-4-,9-5-,21-10+. The lowest BCUT2D eigenvalue weighted by atomic mass is 9.90. The summed E-state index contributed by atoms with van der Waals surface area (Å²) in [5.74, 6) is 0. The molecule has 0 saturated heterocycles. The summed E-state index contributed by atoms with van der Waals surface area (Å²) in [5, 5.41) is 12.6. The fraction of sp³-hybridized carbons (Fsp3) is 0.500. The molecular formula is C28H37N5. The summed E-state index contributed by atoms with van der Waals surface area (Å²) in [7, 11) is 0. The summed E-state index contributed by atoms with van der Waals surface area (Å²) in [5.41, 5.74) is 9.18. The Morgan fingerprint density at radius 2 is 2.00 bits per heavy atom. The van der Waals surface area contributed by atoms with Crippen LogP contribution in [0, 0.1) is 0 Å². The van der Waals surface area contributed by atoms with Gasteiger partial charge in [0.2, 0.25) is 0 Å². The fourth-order valence-corrected chi connectivity index (χ4v) is 5.66. The maximum absolute atomic E-state index is 5.15. The highest BCUT2D eigenvalue weighted by atomic mass is 15.3. The van der Waals surface area contributed by atoms with Crippen molar-refractivity contribution in [2.75, 3.05) is 0 Å². The third-order valence-electron chi connectivity index (χ3n) is 7.35. The minimum absolute atomic E-state index is 0.492. The first-order valence-electron chi connectivity index (χ1n) is 12.7. The Bertz CT molecular complexity index is 1090. The van der Waals surface area contributed by atoms with Gasteiger partial charge in [-0.15, -0.1) is 0 Å². The largest absolute Gasteiger partial charge is 0.364 e. The van der Waals surface area contributed by atoms with E-state index in [0.29, 0.717) is 12.1 Å². The number of aromatic nitrogens is 4. The van der Waals surface area contributed by atoms with E-state index in [-0.39, 0.29) is 0 Å². The number of aryl methyl sites for hydroxylation is 2. The van der Waals surface area contributed by atoms with Gasteiger partial charge in [0.1, 0.15) is 0 Å². The molecule has 1 unspecified atom stereocenters. The Kier molecular flexibility index (Phi) is 6.39. The Labute approximate surface area is 198 Å². The van der Waals surface area contributed by atoms with E-state index in [1.54, 1.807) is 0 Å². The molecule has 0 aliphatic heterocycles. The van der Waals surface area contributed by atoms with E-state index in [9.17, 15) is 0 Å². The van der Waals surface area contributed by atoms with Crippen molar-refractivity contribution in [3.63, 3.8) is 0 Å². The average molecular weight is 444 g/mol. The number of aromatic amines is 1. The Hall–Kier alpha value is -2.82. The van der Waals surface area contributed by atoms with Gasteiger partial charge >= 0.3 is 0 Å². The molecule has 1 saturated carbocycles. The molecule has 0 spiro atoms. The third kappa shape index (κ3) is 4.50. The van der Waals surface area contributed by atoms with Crippen molar-refractivity contribution in [1.82, 2.24) is 24.9 Å². The maximum atomic E-state index is 5.15. The molecule has 5 heteroatoms. The minimum atomic E-state index is 0.492. The van der Waals surface area contributed by atoms with Gasteiger partial charge in [0, 0.05) is 23.3 Å². The lowest BCUT2D eigenvalue weighted by Gasteiger charge is -2.38. The van der Waals surface area contributed by atoms with Crippen LogP contribution in [-0.2, 0) is 32.2 Å². The van der Waals surface area contributed by atoms with Crippen LogP contribution in [0.15, 0.2) is 48.7 Å².